The van der Waals surface area contributed by atoms with Gasteiger partial charge >= 0.3 is 0 Å². The zero-order valence-electron chi connectivity index (χ0n) is 11.6. The molecule has 0 amide bonds. The summed E-state index contributed by atoms with van der Waals surface area (Å²) in [6, 6.07) is 9.53. The Kier molecular flexibility index (Phi) is 3.51. The van der Waals surface area contributed by atoms with Gasteiger partial charge in [0, 0.05) is 11.7 Å². The van der Waals surface area contributed by atoms with E-state index in [-0.39, 0.29) is 12.4 Å². The molecule has 1 nitrogen and oxygen atoms in total. The highest BCUT2D eigenvalue weighted by Crippen LogP contribution is 2.54. The normalized spacial score (nSPS) is 38.9. The predicted molar refractivity (Wildman–Crippen MR) is 82.9 cm³/mol. The lowest BCUT2D eigenvalue weighted by atomic mass is 9.54. The lowest BCUT2D eigenvalue weighted by molar-refractivity contribution is 0.00752. The molecule has 1 aromatic carbocycles. The number of rotatable bonds is 2. The van der Waals surface area contributed by atoms with Gasteiger partial charge in [0.1, 0.15) is 0 Å². The van der Waals surface area contributed by atoms with Crippen molar-refractivity contribution in [3.8, 4) is 0 Å². The molecule has 0 spiro atoms. The molecule has 1 aromatic rings. The highest BCUT2D eigenvalue weighted by Gasteiger charge is 2.48. The van der Waals surface area contributed by atoms with Crippen LogP contribution in [0.5, 0.6) is 0 Å². The van der Waals surface area contributed by atoms with Crippen molar-refractivity contribution in [3.05, 3.63) is 29.8 Å². The minimum Gasteiger partial charge on any atom is -0.382 e. The van der Waals surface area contributed by atoms with E-state index in [1.165, 1.54) is 36.9 Å². The van der Waals surface area contributed by atoms with Crippen molar-refractivity contribution < 1.29 is 0 Å². The van der Waals surface area contributed by atoms with Gasteiger partial charge < -0.3 is 5.32 Å². The van der Waals surface area contributed by atoms with Crippen LogP contribution in [0.1, 0.15) is 37.7 Å². The Hall–Kier alpha value is -0.690. The molecule has 4 aliphatic rings. The third-order valence-electron chi connectivity index (χ3n) is 5.69. The van der Waals surface area contributed by atoms with E-state index in [0.29, 0.717) is 0 Å². The van der Waals surface area contributed by atoms with Crippen molar-refractivity contribution in [1.29, 1.82) is 0 Å². The van der Waals surface area contributed by atoms with Crippen molar-refractivity contribution in [3.63, 3.8) is 0 Å². The van der Waals surface area contributed by atoms with Gasteiger partial charge in [0.2, 0.25) is 0 Å². The van der Waals surface area contributed by atoms with Gasteiger partial charge in [-0.2, -0.15) is 0 Å². The standard InChI is InChI=1S/C17H23N.ClH/c1-11-4-2-3-5-16(11)18-17-14-7-12-6-13(9-14)10-15(17)8-12;/h2-5,12-15,17-18H,6-10H2,1H3;1H. The summed E-state index contributed by atoms with van der Waals surface area (Å²) in [7, 11) is 0. The lowest BCUT2D eigenvalue weighted by Crippen LogP contribution is -2.51. The van der Waals surface area contributed by atoms with Crippen molar-refractivity contribution in [2.45, 2.75) is 45.1 Å². The van der Waals surface area contributed by atoms with Crippen molar-refractivity contribution in [2.75, 3.05) is 5.32 Å². The summed E-state index contributed by atoms with van der Waals surface area (Å²) in [5.41, 5.74) is 2.77. The fourth-order valence-electron chi connectivity index (χ4n) is 5.08. The molecular weight excluding hydrogens is 254 g/mol. The van der Waals surface area contributed by atoms with Crippen molar-refractivity contribution >= 4 is 18.1 Å². The summed E-state index contributed by atoms with van der Waals surface area (Å²) in [4.78, 5) is 0. The maximum absolute atomic E-state index is 3.89. The second kappa shape index (κ2) is 5.01. The number of hydrogen-bond acceptors (Lipinski definition) is 1. The molecule has 4 fully saturated rings. The Morgan fingerprint density at radius 3 is 2.05 bits per heavy atom. The van der Waals surface area contributed by atoms with Gasteiger partial charge in [-0.1, -0.05) is 18.2 Å². The molecule has 0 unspecified atom stereocenters. The molecule has 4 bridgehead atoms. The first kappa shape index (κ1) is 13.3. The molecule has 0 saturated heterocycles. The third-order valence-corrected chi connectivity index (χ3v) is 5.69. The average molecular weight is 278 g/mol. The topological polar surface area (TPSA) is 12.0 Å². The van der Waals surface area contributed by atoms with Gasteiger partial charge in [-0.05, 0) is 74.3 Å². The predicted octanol–water partition coefficient (Wildman–Crippen LogP) is 4.65. The average Bonchev–Trinajstić information content (AvgIpc) is 2.35. The molecule has 4 aliphatic carbocycles. The monoisotopic (exact) mass is 277 g/mol. The van der Waals surface area contributed by atoms with Crippen LogP contribution < -0.4 is 5.32 Å². The third kappa shape index (κ3) is 2.27. The highest BCUT2D eigenvalue weighted by molar-refractivity contribution is 5.85. The fraction of sp³-hybridized carbons (Fsp3) is 0.647. The van der Waals surface area contributed by atoms with Crippen molar-refractivity contribution in [1.82, 2.24) is 0 Å². The zero-order chi connectivity index (χ0) is 12.1. The van der Waals surface area contributed by atoms with Gasteiger partial charge in [0.05, 0.1) is 0 Å². The van der Waals surface area contributed by atoms with E-state index < -0.39 is 0 Å². The Labute approximate surface area is 122 Å². The molecule has 5 rings (SSSR count). The first-order valence-corrected chi connectivity index (χ1v) is 7.62. The Bertz CT molecular complexity index is 428. The Balaban J connectivity index is 0.00000110. The van der Waals surface area contributed by atoms with Crippen LogP contribution in [0.15, 0.2) is 24.3 Å². The van der Waals surface area contributed by atoms with E-state index in [4.69, 9.17) is 0 Å². The molecule has 0 aliphatic heterocycles. The molecule has 1 N–H and O–H groups in total. The first-order chi connectivity index (χ1) is 8.79. The van der Waals surface area contributed by atoms with Crippen LogP contribution in [0.3, 0.4) is 0 Å². The number of nitrogens with one attached hydrogen (secondary N) is 1. The van der Waals surface area contributed by atoms with Crippen LogP contribution in [0.25, 0.3) is 0 Å². The first-order valence-electron chi connectivity index (χ1n) is 7.62. The van der Waals surface area contributed by atoms with Crippen LogP contribution in [-0.2, 0) is 0 Å². The molecule has 104 valence electrons. The van der Waals surface area contributed by atoms with Crippen molar-refractivity contribution in [2.24, 2.45) is 23.7 Å². The minimum atomic E-state index is 0. The fourth-order valence-corrected chi connectivity index (χ4v) is 5.08. The number of benzene rings is 1. The number of anilines is 1. The summed E-state index contributed by atoms with van der Waals surface area (Å²) in [6.45, 7) is 2.22. The largest absolute Gasteiger partial charge is 0.382 e. The van der Waals surface area contributed by atoms with Crippen LogP contribution in [-0.4, -0.2) is 6.04 Å². The smallest absolute Gasteiger partial charge is 0.0372 e. The van der Waals surface area contributed by atoms with Gasteiger partial charge in [-0.15, -0.1) is 12.4 Å². The van der Waals surface area contributed by atoms with E-state index in [1.54, 1.807) is 6.42 Å². The molecule has 2 heteroatoms. The molecule has 4 saturated carbocycles. The van der Waals surface area contributed by atoms with Crippen LogP contribution in [0.4, 0.5) is 5.69 Å². The van der Waals surface area contributed by atoms with E-state index in [9.17, 15) is 0 Å². The van der Waals surface area contributed by atoms with Gasteiger partial charge in [0.25, 0.3) is 0 Å². The molecule has 0 radical (unpaired) electrons. The maximum Gasteiger partial charge on any atom is 0.0372 e. The van der Waals surface area contributed by atoms with Crippen LogP contribution in [0.2, 0.25) is 0 Å². The SMILES string of the molecule is Cc1ccccc1NC1C2CC3CC(C2)CC1C3.Cl. The number of hydrogen-bond donors (Lipinski definition) is 1. The summed E-state index contributed by atoms with van der Waals surface area (Å²) in [5, 5.41) is 3.89. The van der Waals surface area contributed by atoms with E-state index >= 15 is 0 Å². The maximum atomic E-state index is 3.89. The molecule has 19 heavy (non-hydrogen) atoms. The Morgan fingerprint density at radius 2 is 1.47 bits per heavy atom. The summed E-state index contributed by atoms with van der Waals surface area (Å²) in [5.74, 6) is 4.06. The van der Waals surface area contributed by atoms with E-state index in [1.807, 2.05) is 0 Å². The quantitative estimate of drug-likeness (QED) is 0.829. The van der Waals surface area contributed by atoms with E-state index in [0.717, 1.165) is 29.7 Å². The summed E-state index contributed by atoms with van der Waals surface area (Å²) < 4.78 is 0. The number of para-hydroxylation sites is 1. The molecule has 0 aromatic heterocycles. The van der Waals surface area contributed by atoms with E-state index in [2.05, 4.69) is 36.5 Å². The molecule has 0 heterocycles. The van der Waals surface area contributed by atoms with Crippen LogP contribution >= 0.6 is 12.4 Å². The number of aryl methyl sites for hydroxylation is 1. The minimum absolute atomic E-state index is 0. The summed E-state index contributed by atoms with van der Waals surface area (Å²) in [6.07, 6.45) is 7.53. The number of halogens is 1. The van der Waals surface area contributed by atoms with Gasteiger partial charge in [-0.25, -0.2) is 0 Å². The van der Waals surface area contributed by atoms with Crippen LogP contribution in [0, 0.1) is 30.6 Å². The highest BCUT2D eigenvalue weighted by atomic mass is 35.5. The molecular formula is C17H24ClN. The second-order valence-electron chi connectivity index (χ2n) is 6.92. The summed E-state index contributed by atoms with van der Waals surface area (Å²) >= 11 is 0. The zero-order valence-corrected chi connectivity index (χ0v) is 12.5. The van der Waals surface area contributed by atoms with Gasteiger partial charge in [-0.3, -0.25) is 0 Å². The second-order valence-corrected chi connectivity index (χ2v) is 6.92. The Morgan fingerprint density at radius 1 is 0.895 bits per heavy atom. The van der Waals surface area contributed by atoms with Gasteiger partial charge in [0.15, 0.2) is 0 Å². The molecule has 0 atom stereocenters. The lowest BCUT2D eigenvalue weighted by Gasteiger charge is -2.54.